The maximum absolute atomic E-state index is 11.8. The zero-order valence-electron chi connectivity index (χ0n) is 16.4. The number of carbonyl (C=O) groups is 1. The lowest BCUT2D eigenvalue weighted by Crippen LogP contribution is -2.56. The number of hydrogen-bond acceptors (Lipinski definition) is 5. The van der Waals surface area contributed by atoms with Gasteiger partial charge in [-0.1, -0.05) is 26.0 Å². The molecule has 1 aromatic rings. The van der Waals surface area contributed by atoms with Crippen molar-refractivity contribution in [1.82, 2.24) is 0 Å². The number of ether oxygens (including phenoxy) is 1. The molecule has 1 fully saturated rings. The van der Waals surface area contributed by atoms with Gasteiger partial charge in [0, 0.05) is 12.2 Å². The van der Waals surface area contributed by atoms with Gasteiger partial charge in [0.1, 0.15) is 5.75 Å². The molecule has 0 aliphatic heterocycles. The van der Waals surface area contributed by atoms with Crippen LogP contribution in [0.1, 0.15) is 51.5 Å². The lowest BCUT2D eigenvalue weighted by molar-refractivity contribution is -0.160. The molecule has 0 saturated heterocycles. The van der Waals surface area contributed by atoms with Crippen LogP contribution in [0.15, 0.2) is 24.3 Å². The van der Waals surface area contributed by atoms with E-state index in [4.69, 9.17) is 10.5 Å². The number of carboxylic acids is 1. The van der Waals surface area contributed by atoms with Crippen molar-refractivity contribution in [2.45, 2.75) is 70.1 Å². The third-order valence-corrected chi connectivity index (χ3v) is 6.56. The fourth-order valence-electron chi connectivity index (χ4n) is 3.44. The number of rotatable bonds is 10. The van der Waals surface area contributed by atoms with Crippen LogP contribution < -0.4 is 10.5 Å². The molecule has 152 valence electrons. The lowest BCUT2D eigenvalue weighted by atomic mass is 9.88. The number of benzene rings is 1. The average Bonchev–Trinajstić information content (AvgIpc) is 2.64. The van der Waals surface area contributed by atoms with Gasteiger partial charge in [-0.3, -0.25) is 0 Å². The molecule has 1 aliphatic rings. The van der Waals surface area contributed by atoms with Gasteiger partial charge >= 0.3 is 5.97 Å². The molecular formula is C21H33NO4S. The van der Waals surface area contributed by atoms with Crippen molar-refractivity contribution >= 4 is 17.7 Å². The van der Waals surface area contributed by atoms with Crippen LogP contribution in [-0.2, 0) is 11.2 Å². The molecule has 0 aromatic heterocycles. The Hall–Kier alpha value is -1.24. The summed E-state index contributed by atoms with van der Waals surface area (Å²) in [6, 6.07) is 6.54. The van der Waals surface area contributed by atoms with Gasteiger partial charge in [0.2, 0.25) is 0 Å². The Labute approximate surface area is 166 Å². The van der Waals surface area contributed by atoms with Gasteiger partial charge in [-0.15, -0.1) is 0 Å². The Morgan fingerprint density at radius 1 is 1.37 bits per heavy atom. The van der Waals surface area contributed by atoms with Crippen molar-refractivity contribution in [3.63, 3.8) is 0 Å². The number of aliphatic carboxylic acids is 1. The Morgan fingerprint density at radius 2 is 2.07 bits per heavy atom. The van der Waals surface area contributed by atoms with Gasteiger partial charge in [0.15, 0.2) is 5.60 Å². The first-order valence-corrected chi connectivity index (χ1v) is 11.0. The van der Waals surface area contributed by atoms with Crippen molar-refractivity contribution in [3.05, 3.63) is 29.8 Å². The summed E-state index contributed by atoms with van der Waals surface area (Å²) >= 11 is 1.57. The van der Waals surface area contributed by atoms with Crippen molar-refractivity contribution in [2.24, 2.45) is 11.7 Å². The first-order chi connectivity index (χ1) is 12.8. The van der Waals surface area contributed by atoms with Crippen LogP contribution in [0.5, 0.6) is 5.75 Å². The minimum atomic E-state index is -1.99. The Balaban J connectivity index is 2.04. The predicted octanol–water partition coefficient (Wildman–Crippen LogP) is 3.47. The Kier molecular flexibility index (Phi) is 8.45. The van der Waals surface area contributed by atoms with Crippen LogP contribution in [0.4, 0.5) is 0 Å². The summed E-state index contributed by atoms with van der Waals surface area (Å²) < 4.78 is 6.09. The largest absolute Gasteiger partial charge is 0.490 e. The summed E-state index contributed by atoms with van der Waals surface area (Å²) in [6.07, 6.45) is 5.61. The molecule has 1 aromatic carbocycles. The summed E-state index contributed by atoms with van der Waals surface area (Å²) in [5.41, 5.74) is 4.79. The standard InChI is InChI=1S/C21H33NO4S/c1-3-11-27-14-19(22)21(25,20(23)24)13-16-5-4-6-18(12-16)26-17-9-7-15(2)8-10-17/h4-6,12,15,17,19,25H,3,7-11,13-14,22H2,1-2H3,(H,23,24)/t15-,17-,19-,21+/m0/s1. The predicted molar refractivity (Wildman–Crippen MR) is 110 cm³/mol. The van der Waals surface area contributed by atoms with Crippen LogP contribution >= 0.6 is 11.8 Å². The van der Waals surface area contributed by atoms with Gasteiger partial charge < -0.3 is 20.7 Å². The monoisotopic (exact) mass is 395 g/mol. The fraction of sp³-hybridized carbons (Fsp3) is 0.667. The van der Waals surface area contributed by atoms with E-state index in [9.17, 15) is 15.0 Å². The summed E-state index contributed by atoms with van der Waals surface area (Å²) in [7, 11) is 0. The third kappa shape index (κ3) is 6.40. The summed E-state index contributed by atoms with van der Waals surface area (Å²) in [4.78, 5) is 11.8. The highest BCUT2D eigenvalue weighted by Crippen LogP contribution is 2.28. The molecule has 1 aliphatic carbocycles. The molecule has 0 spiro atoms. The van der Waals surface area contributed by atoms with E-state index < -0.39 is 17.6 Å². The van der Waals surface area contributed by atoms with Crippen molar-refractivity contribution < 1.29 is 19.7 Å². The number of nitrogens with two attached hydrogens (primary N) is 1. The van der Waals surface area contributed by atoms with E-state index >= 15 is 0 Å². The van der Waals surface area contributed by atoms with Crippen LogP contribution in [0.25, 0.3) is 0 Å². The lowest BCUT2D eigenvalue weighted by Gasteiger charge is -2.30. The van der Waals surface area contributed by atoms with Crippen molar-refractivity contribution in [1.29, 1.82) is 0 Å². The molecule has 0 unspecified atom stereocenters. The normalized spacial score (nSPS) is 23.4. The highest BCUT2D eigenvalue weighted by Gasteiger charge is 2.42. The Bertz CT molecular complexity index is 604. The summed E-state index contributed by atoms with van der Waals surface area (Å²) in [5.74, 6) is 1.52. The summed E-state index contributed by atoms with van der Waals surface area (Å²) in [6.45, 7) is 4.33. The van der Waals surface area contributed by atoms with E-state index in [1.54, 1.807) is 11.8 Å². The second-order valence-electron chi connectivity index (χ2n) is 7.73. The molecule has 0 bridgehead atoms. The van der Waals surface area contributed by atoms with Gasteiger partial charge in [-0.2, -0.15) is 11.8 Å². The molecule has 0 amide bonds. The molecule has 2 rings (SSSR count). The van der Waals surface area contributed by atoms with E-state index in [-0.39, 0.29) is 12.5 Å². The maximum Gasteiger partial charge on any atom is 0.337 e. The maximum atomic E-state index is 11.8. The van der Waals surface area contributed by atoms with Crippen LogP contribution in [0.2, 0.25) is 0 Å². The van der Waals surface area contributed by atoms with E-state index in [2.05, 4.69) is 13.8 Å². The molecule has 0 radical (unpaired) electrons. The molecular weight excluding hydrogens is 362 g/mol. The van der Waals surface area contributed by atoms with Crippen molar-refractivity contribution in [3.8, 4) is 5.75 Å². The number of carboxylic acid groups (broad SMARTS) is 1. The second kappa shape index (κ2) is 10.3. The van der Waals surface area contributed by atoms with E-state index in [0.29, 0.717) is 5.75 Å². The fourth-order valence-corrected chi connectivity index (χ4v) is 4.42. The van der Waals surface area contributed by atoms with Crippen LogP contribution in [-0.4, -0.2) is 45.4 Å². The highest BCUT2D eigenvalue weighted by molar-refractivity contribution is 7.99. The zero-order chi connectivity index (χ0) is 19.9. The van der Waals surface area contributed by atoms with E-state index in [1.807, 2.05) is 24.3 Å². The number of hydrogen-bond donors (Lipinski definition) is 3. The zero-order valence-corrected chi connectivity index (χ0v) is 17.2. The quantitative estimate of drug-likeness (QED) is 0.525. The van der Waals surface area contributed by atoms with E-state index in [0.717, 1.165) is 42.2 Å². The Morgan fingerprint density at radius 3 is 2.70 bits per heavy atom. The first-order valence-electron chi connectivity index (χ1n) is 9.89. The van der Waals surface area contributed by atoms with Crippen LogP contribution in [0, 0.1) is 5.92 Å². The molecule has 4 N–H and O–H groups in total. The van der Waals surface area contributed by atoms with Crippen LogP contribution in [0.3, 0.4) is 0 Å². The van der Waals surface area contributed by atoms with Crippen molar-refractivity contribution in [2.75, 3.05) is 11.5 Å². The molecule has 0 heterocycles. The minimum absolute atomic E-state index is 0.0327. The second-order valence-corrected chi connectivity index (χ2v) is 8.88. The minimum Gasteiger partial charge on any atom is -0.490 e. The average molecular weight is 396 g/mol. The molecule has 2 atom stereocenters. The number of aliphatic hydroxyl groups is 1. The molecule has 5 nitrogen and oxygen atoms in total. The SMILES string of the molecule is CCCSC[C@H](N)[C@](O)(Cc1cccc(O[C@H]2CC[C@H](C)CC2)c1)C(=O)O. The number of thioether (sulfide) groups is 1. The topological polar surface area (TPSA) is 92.8 Å². The smallest absolute Gasteiger partial charge is 0.337 e. The third-order valence-electron chi connectivity index (χ3n) is 5.27. The van der Waals surface area contributed by atoms with Gasteiger partial charge in [-0.05, 0) is 61.5 Å². The highest BCUT2D eigenvalue weighted by atomic mass is 32.2. The summed E-state index contributed by atoms with van der Waals surface area (Å²) in [5, 5.41) is 20.4. The van der Waals surface area contributed by atoms with Gasteiger partial charge in [0.05, 0.1) is 12.1 Å². The molecule has 27 heavy (non-hydrogen) atoms. The van der Waals surface area contributed by atoms with Gasteiger partial charge in [0.25, 0.3) is 0 Å². The molecule has 1 saturated carbocycles. The molecule has 6 heteroatoms. The van der Waals surface area contributed by atoms with E-state index in [1.165, 1.54) is 12.8 Å². The first kappa shape index (κ1) is 22.1. The van der Waals surface area contributed by atoms with Gasteiger partial charge in [-0.25, -0.2) is 4.79 Å².